The molecule has 1 amide bonds. The number of aromatic hydroxyl groups is 1. The van der Waals surface area contributed by atoms with Gasteiger partial charge in [0.05, 0.1) is 17.6 Å². The number of aromatic nitrogens is 4. The molecule has 0 aromatic carbocycles. The highest BCUT2D eigenvalue weighted by Gasteiger charge is 2.21. The normalized spacial score (nSPS) is 11.4. The van der Waals surface area contributed by atoms with Crippen LogP contribution in [0, 0.1) is 12.8 Å². The maximum absolute atomic E-state index is 12.3. The molecule has 22 heavy (non-hydrogen) atoms. The van der Waals surface area contributed by atoms with E-state index in [1.54, 1.807) is 13.1 Å². The van der Waals surface area contributed by atoms with E-state index in [0.717, 1.165) is 12.2 Å². The fourth-order valence-electron chi connectivity index (χ4n) is 2.36. The van der Waals surface area contributed by atoms with Crippen LogP contribution < -0.4 is 5.32 Å². The average Bonchev–Trinajstić information content (AvgIpc) is 2.94. The highest BCUT2D eigenvalue weighted by molar-refractivity contribution is 6.05. The molecular formula is C15H23N5O2. The number of rotatable bonds is 5. The monoisotopic (exact) mass is 305 g/mol. The molecule has 0 spiro atoms. The van der Waals surface area contributed by atoms with Crippen LogP contribution in [-0.2, 0) is 6.54 Å². The van der Waals surface area contributed by atoms with Gasteiger partial charge in [-0.1, -0.05) is 27.7 Å². The summed E-state index contributed by atoms with van der Waals surface area (Å²) in [6, 6.07) is 0. The van der Waals surface area contributed by atoms with Gasteiger partial charge in [-0.05, 0) is 18.8 Å². The number of nitrogens with zero attached hydrogens (tertiary/aromatic N) is 3. The van der Waals surface area contributed by atoms with Gasteiger partial charge in [0, 0.05) is 6.54 Å². The van der Waals surface area contributed by atoms with Crippen LogP contribution >= 0.6 is 0 Å². The van der Waals surface area contributed by atoms with E-state index in [4.69, 9.17) is 0 Å². The number of hydrogen-bond acceptors (Lipinski definition) is 4. The molecule has 3 N–H and O–H groups in total. The van der Waals surface area contributed by atoms with Crippen molar-refractivity contribution in [2.45, 2.75) is 47.1 Å². The zero-order valence-electron chi connectivity index (χ0n) is 13.6. The Hall–Kier alpha value is -2.31. The molecule has 0 radical (unpaired) electrons. The first-order chi connectivity index (χ1) is 10.3. The van der Waals surface area contributed by atoms with Crippen molar-refractivity contribution in [1.82, 2.24) is 20.0 Å². The maximum Gasteiger partial charge on any atom is 0.277 e. The Morgan fingerprint density at radius 2 is 2.09 bits per heavy atom. The van der Waals surface area contributed by atoms with Gasteiger partial charge >= 0.3 is 0 Å². The fraction of sp³-hybridized carbons (Fsp3) is 0.533. The van der Waals surface area contributed by atoms with Crippen LogP contribution in [-0.4, -0.2) is 31.0 Å². The molecular weight excluding hydrogens is 282 g/mol. The molecule has 0 saturated heterocycles. The number of amides is 1. The van der Waals surface area contributed by atoms with Gasteiger partial charge in [0.15, 0.2) is 11.4 Å². The Kier molecular flexibility index (Phi) is 4.54. The van der Waals surface area contributed by atoms with E-state index in [1.165, 1.54) is 0 Å². The molecule has 2 heterocycles. The summed E-state index contributed by atoms with van der Waals surface area (Å²) >= 11 is 0. The molecule has 0 aliphatic heterocycles. The van der Waals surface area contributed by atoms with Crippen LogP contribution in [0.25, 0.3) is 0 Å². The highest BCUT2D eigenvalue weighted by atomic mass is 16.3. The third-order valence-corrected chi connectivity index (χ3v) is 3.36. The molecule has 0 unspecified atom stereocenters. The van der Waals surface area contributed by atoms with Crippen molar-refractivity contribution in [2.24, 2.45) is 5.92 Å². The lowest BCUT2D eigenvalue weighted by molar-refractivity contribution is 0.101. The lowest BCUT2D eigenvalue weighted by atomic mass is 10.1. The van der Waals surface area contributed by atoms with E-state index in [-0.39, 0.29) is 17.4 Å². The third kappa shape index (κ3) is 3.13. The van der Waals surface area contributed by atoms with Crippen molar-refractivity contribution in [3.8, 4) is 5.75 Å². The van der Waals surface area contributed by atoms with Gasteiger partial charge in [-0.3, -0.25) is 14.6 Å². The van der Waals surface area contributed by atoms with Gasteiger partial charge in [-0.15, -0.1) is 0 Å². The Labute approximate surface area is 129 Å². The molecule has 0 fully saturated rings. The minimum atomic E-state index is -0.427. The number of H-pyrrole nitrogens is 1. The van der Waals surface area contributed by atoms with Crippen molar-refractivity contribution in [3.63, 3.8) is 0 Å². The van der Waals surface area contributed by atoms with Crippen LogP contribution in [0.5, 0.6) is 5.75 Å². The first-order valence-corrected chi connectivity index (χ1v) is 7.42. The van der Waals surface area contributed by atoms with Crippen molar-refractivity contribution in [3.05, 3.63) is 23.3 Å². The standard InChI is InChI=1S/C15H23N5O2/c1-8(2)7-20-13(9(3)4)11(6-16-20)17-15(22)12-14(21)10(5)18-19-12/h6,8-9,21H,7H2,1-5H3,(H,17,22)(H,18,19). The van der Waals surface area contributed by atoms with Gasteiger partial charge in [0.1, 0.15) is 5.69 Å². The number of aromatic amines is 1. The minimum absolute atomic E-state index is 0.0591. The van der Waals surface area contributed by atoms with Crippen molar-refractivity contribution < 1.29 is 9.90 Å². The summed E-state index contributed by atoms with van der Waals surface area (Å²) in [7, 11) is 0. The first-order valence-electron chi connectivity index (χ1n) is 7.42. The van der Waals surface area contributed by atoms with E-state index < -0.39 is 5.91 Å². The SMILES string of the molecule is Cc1n[nH]c(C(=O)Nc2cnn(CC(C)C)c2C(C)C)c1O. The van der Waals surface area contributed by atoms with E-state index in [1.807, 2.05) is 4.68 Å². The van der Waals surface area contributed by atoms with Gasteiger partial charge in [-0.2, -0.15) is 10.2 Å². The van der Waals surface area contributed by atoms with Gasteiger partial charge in [-0.25, -0.2) is 0 Å². The Morgan fingerprint density at radius 3 is 2.59 bits per heavy atom. The summed E-state index contributed by atoms with van der Waals surface area (Å²) in [6.07, 6.45) is 1.65. The molecule has 0 aliphatic rings. The molecule has 0 saturated carbocycles. The zero-order valence-corrected chi connectivity index (χ0v) is 13.6. The number of hydrogen-bond donors (Lipinski definition) is 3. The van der Waals surface area contributed by atoms with Crippen LogP contribution in [0.1, 0.15) is 55.5 Å². The summed E-state index contributed by atoms with van der Waals surface area (Å²) in [6.45, 7) is 10.8. The topological polar surface area (TPSA) is 95.8 Å². The van der Waals surface area contributed by atoms with E-state index in [0.29, 0.717) is 17.3 Å². The minimum Gasteiger partial charge on any atom is -0.504 e. The quantitative estimate of drug-likeness (QED) is 0.791. The van der Waals surface area contributed by atoms with Crippen LogP contribution in [0.3, 0.4) is 0 Å². The summed E-state index contributed by atoms with van der Waals surface area (Å²) in [5, 5.41) is 23.3. The van der Waals surface area contributed by atoms with Crippen LogP contribution in [0.15, 0.2) is 6.20 Å². The second kappa shape index (κ2) is 6.21. The predicted octanol–water partition coefficient (Wildman–Crippen LogP) is 2.65. The number of aryl methyl sites for hydroxylation is 1. The van der Waals surface area contributed by atoms with Crippen molar-refractivity contribution in [1.29, 1.82) is 0 Å². The second-order valence-corrected chi connectivity index (χ2v) is 6.16. The number of nitrogens with one attached hydrogen (secondary N) is 2. The molecule has 0 atom stereocenters. The van der Waals surface area contributed by atoms with Crippen molar-refractivity contribution in [2.75, 3.05) is 5.32 Å². The van der Waals surface area contributed by atoms with Crippen LogP contribution in [0.4, 0.5) is 5.69 Å². The van der Waals surface area contributed by atoms with Gasteiger partial charge in [0.2, 0.25) is 0 Å². The number of carbonyl (C=O) groups excluding carboxylic acids is 1. The highest BCUT2D eigenvalue weighted by Crippen LogP contribution is 2.26. The fourth-order valence-corrected chi connectivity index (χ4v) is 2.36. The van der Waals surface area contributed by atoms with Gasteiger partial charge in [0.25, 0.3) is 5.91 Å². The molecule has 2 rings (SSSR count). The lowest BCUT2D eigenvalue weighted by Gasteiger charge is -2.14. The summed E-state index contributed by atoms with van der Waals surface area (Å²) in [5.41, 5.74) is 2.08. The Balaban J connectivity index is 2.27. The molecule has 2 aromatic rings. The predicted molar refractivity (Wildman–Crippen MR) is 84.1 cm³/mol. The molecule has 7 nitrogen and oxygen atoms in total. The summed E-state index contributed by atoms with van der Waals surface area (Å²) in [4.78, 5) is 12.3. The molecule has 120 valence electrons. The molecule has 7 heteroatoms. The summed E-state index contributed by atoms with van der Waals surface area (Å²) < 4.78 is 1.92. The van der Waals surface area contributed by atoms with Crippen molar-refractivity contribution >= 4 is 11.6 Å². The third-order valence-electron chi connectivity index (χ3n) is 3.36. The van der Waals surface area contributed by atoms with Gasteiger partial charge < -0.3 is 10.4 Å². The maximum atomic E-state index is 12.3. The molecule has 0 aliphatic carbocycles. The first kappa shape index (κ1) is 16.1. The lowest BCUT2D eigenvalue weighted by Crippen LogP contribution is -2.16. The Bertz CT molecular complexity index is 670. The smallest absolute Gasteiger partial charge is 0.277 e. The molecule has 0 bridgehead atoms. The summed E-state index contributed by atoms with van der Waals surface area (Å²) in [5.74, 6) is 0.121. The van der Waals surface area contributed by atoms with E-state index in [9.17, 15) is 9.90 Å². The number of anilines is 1. The Morgan fingerprint density at radius 1 is 1.41 bits per heavy atom. The zero-order chi connectivity index (χ0) is 16.4. The average molecular weight is 305 g/mol. The number of carbonyl (C=O) groups is 1. The van der Waals surface area contributed by atoms with E-state index >= 15 is 0 Å². The van der Waals surface area contributed by atoms with E-state index in [2.05, 4.69) is 48.3 Å². The second-order valence-electron chi connectivity index (χ2n) is 6.16. The van der Waals surface area contributed by atoms with Crippen LogP contribution in [0.2, 0.25) is 0 Å². The molecule has 2 aromatic heterocycles. The largest absolute Gasteiger partial charge is 0.504 e.